The van der Waals surface area contributed by atoms with Crippen LogP contribution < -0.4 is 0 Å². The van der Waals surface area contributed by atoms with Gasteiger partial charge in [-0.1, -0.05) is 48.6 Å². The molecule has 0 radical (unpaired) electrons. The van der Waals surface area contributed by atoms with Gasteiger partial charge >= 0.3 is 28.7 Å². The topological polar surface area (TPSA) is 0 Å². The van der Waals surface area contributed by atoms with Gasteiger partial charge in [-0.15, -0.1) is 11.6 Å². The summed E-state index contributed by atoms with van der Waals surface area (Å²) in [6.45, 7) is 0. The number of hydrogen-bond donors (Lipinski definition) is 0. The first-order chi connectivity index (χ1) is 7.73. The molecule has 16 heavy (non-hydrogen) atoms. The quantitative estimate of drug-likeness (QED) is 0.443. The summed E-state index contributed by atoms with van der Waals surface area (Å²) in [7, 11) is 4.64. The van der Waals surface area contributed by atoms with Crippen LogP contribution in [0.15, 0.2) is 48.6 Å². The number of halogens is 1. The number of hydrogen-bond acceptors (Lipinski definition) is 0. The van der Waals surface area contributed by atoms with E-state index in [-0.39, 0.29) is 14.1 Å². The zero-order chi connectivity index (χ0) is 12.6. The molecule has 0 amide bonds. The third-order valence-electron chi connectivity index (χ3n) is 1.31. The molecule has 0 aromatic carbocycles. The van der Waals surface area contributed by atoms with E-state index in [9.17, 15) is 0 Å². The predicted molar refractivity (Wildman–Crippen MR) is 74.5 cm³/mol. The Hall–Kier alpha value is 0.497. The Bertz CT molecular complexity index is 185. The van der Waals surface area contributed by atoms with E-state index in [4.69, 9.17) is 0 Å². The monoisotopic (exact) mass is 286 g/mol. The first-order valence-electron chi connectivity index (χ1n) is 5.38. The van der Waals surface area contributed by atoms with E-state index < -0.39 is 0 Å². The van der Waals surface area contributed by atoms with Gasteiger partial charge in [-0.2, -0.15) is 0 Å². The minimum atomic E-state index is -0.389. The Morgan fingerprint density at radius 3 is 1.12 bits per heavy atom. The zero-order valence-electron chi connectivity index (χ0n) is 10.2. The normalized spacial score (nSPS) is 12.9. The molecular formula is C13H20AlClTi. The fraction of sp³-hybridized carbons (Fsp3) is 0.308. The van der Waals surface area contributed by atoms with Crippen LogP contribution in [0, 0.1) is 5.79 Å². The van der Waals surface area contributed by atoms with Crippen LogP contribution in [0.5, 0.6) is 0 Å². The summed E-state index contributed by atoms with van der Waals surface area (Å²) in [4.78, 5) is 0. The zero-order valence-corrected chi connectivity index (χ0v) is 13.7. The Kier molecular flexibility index (Phi) is 21.1. The van der Waals surface area contributed by atoms with Crippen molar-refractivity contribution in [3.8, 4) is 0 Å². The third-order valence-corrected chi connectivity index (χ3v) is 1.31. The molecule has 0 saturated carbocycles. The summed E-state index contributed by atoms with van der Waals surface area (Å²) in [5, 5.41) is 0. The fourth-order valence-electron chi connectivity index (χ4n) is 0.786. The molecule has 0 fully saturated rings. The summed E-state index contributed by atoms with van der Waals surface area (Å²) in [5.41, 5.74) is 0. The SMILES string of the molecule is C1=CCC=C1.C1=CCC=C1.[CH2-][Al]([CH3])[CH3].[Cl][Ti+]. The van der Waals surface area contributed by atoms with Gasteiger partial charge in [-0.3, -0.25) is 0 Å². The molecule has 0 aromatic rings. The molecule has 2 aliphatic carbocycles. The molecule has 2 rings (SSSR count). The average molecular weight is 287 g/mol. The molecule has 0 nitrogen and oxygen atoms in total. The van der Waals surface area contributed by atoms with Crippen molar-refractivity contribution in [2.45, 2.75) is 24.4 Å². The van der Waals surface area contributed by atoms with Crippen LogP contribution in [0.2, 0.25) is 11.6 Å². The Balaban J connectivity index is 0. The number of allylic oxidation sites excluding steroid dienone is 8. The second kappa shape index (κ2) is 17.9. The molecule has 0 bridgehead atoms. The van der Waals surface area contributed by atoms with Gasteiger partial charge in [0.2, 0.25) is 0 Å². The van der Waals surface area contributed by atoms with Gasteiger partial charge in [0.25, 0.3) is 0 Å². The molecule has 0 spiro atoms. The summed E-state index contributed by atoms with van der Waals surface area (Å²) in [6.07, 6.45) is 19.0. The molecule has 0 N–H and O–H groups in total. The van der Waals surface area contributed by atoms with Crippen LogP contribution in [0.25, 0.3) is 0 Å². The Morgan fingerprint density at radius 1 is 0.875 bits per heavy atom. The first kappa shape index (κ1) is 18.9. The second-order valence-corrected chi connectivity index (χ2v) is 6.37. The third kappa shape index (κ3) is 24.0. The van der Waals surface area contributed by atoms with Crippen molar-refractivity contribution in [3.05, 3.63) is 54.4 Å². The van der Waals surface area contributed by atoms with Crippen molar-refractivity contribution >= 4 is 23.5 Å². The van der Waals surface area contributed by atoms with Gasteiger partial charge in [0.15, 0.2) is 0 Å². The summed E-state index contributed by atoms with van der Waals surface area (Å²) in [5.74, 6) is 8.17. The molecule has 2 aliphatic rings. The first-order valence-corrected chi connectivity index (χ1v) is 10.7. The van der Waals surface area contributed by atoms with E-state index in [0.717, 1.165) is 12.8 Å². The Morgan fingerprint density at radius 2 is 1.06 bits per heavy atom. The number of rotatable bonds is 0. The van der Waals surface area contributed by atoms with Crippen LogP contribution in [-0.2, 0) is 19.4 Å². The average Bonchev–Trinajstić information content (AvgIpc) is 2.99. The summed E-state index contributed by atoms with van der Waals surface area (Å²) in [6, 6.07) is 0. The predicted octanol–water partition coefficient (Wildman–Crippen LogP) is 4.81. The molecule has 0 saturated heterocycles. The standard InChI is InChI=1S/2C5H6.2CH3.CH2.Al.ClH.Ti/c2*1-2-4-5-3-1;;;;;;/h2*1-4H,5H2;2*1H3;1H2;;1H;/q;;;;-1;;;+2/p-1. The maximum absolute atomic E-state index is 4.64. The van der Waals surface area contributed by atoms with Crippen LogP contribution in [0.1, 0.15) is 12.8 Å². The van der Waals surface area contributed by atoms with Gasteiger partial charge < -0.3 is 5.79 Å². The van der Waals surface area contributed by atoms with Crippen LogP contribution >= 0.6 is 9.30 Å². The van der Waals surface area contributed by atoms with Gasteiger partial charge in [-0.05, 0) is 12.8 Å². The molecule has 3 heteroatoms. The summed E-state index contributed by atoms with van der Waals surface area (Å²) < 4.78 is 0. The molecule has 0 heterocycles. The van der Waals surface area contributed by atoms with E-state index in [1.165, 1.54) is 19.4 Å². The van der Waals surface area contributed by atoms with Crippen molar-refractivity contribution < 1.29 is 19.4 Å². The maximum atomic E-state index is 4.64. The van der Waals surface area contributed by atoms with Crippen LogP contribution in [0.3, 0.4) is 0 Å². The fourth-order valence-corrected chi connectivity index (χ4v) is 0.786. The molecule has 0 unspecified atom stereocenters. The Labute approximate surface area is 121 Å². The van der Waals surface area contributed by atoms with E-state index in [1.807, 2.05) is 0 Å². The van der Waals surface area contributed by atoms with Crippen molar-refractivity contribution in [3.63, 3.8) is 0 Å². The van der Waals surface area contributed by atoms with Crippen LogP contribution in [0.4, 0.5) is 0 Å². The molecule has 0 aliphatic heterocycles. The van der Waals surface area contributed by atoms with E-state index in [2.05, 4.69) is 75.3 Å². The summed E-state index contributed by atoms with van der Waals surface area (Å²) >= 11 is 1.08. The van der Waals surface area contributed by atoms with E-state index in [0.29, 0.717) is 0 Å². The van der Waals surface area contributed by atoms with Gasteiger partial charge in [0.05, 0.1) is 14.1 Å². The molecule has 86 valence electrons. The van der Waals surface area contributed by atoms with Crippen molar-refractivity contribution in [2.24, 2.45) is 0 Å². The second-order valence-electron chi connectivity index (χ2n) is 3.58. The van der Waals surface area contributed by atoms with Gasteiger partial charge in [-0.25, -0.2) is 0 Å². The van der Waals surface area contributed by atoms with Gasteiger partial charge in [0.1, 0.15) is 0 Å². The van der Waals surface area contributed by atoms with Crippen molar-refractivity contribution in [1.82, 2.24) is 0 Å². The molecular weight excluding hydrogens is 266 g/mol. The molecule has 0 aromatic heterocycles. The van der Waals surface area contributed by atoms with Gasteiger partial charge in [0, 0.05) is 0 Å². The van der Waals surface area contributed by atoms with Crippen molar-refractivity contribution in [2.75, 3.05) is 0 Å². The molecule has 0 atom stereocenters. The van der Waals surface area contributed by atoms with E-state index in [1.54, 1.807) is 0 Å². The van der Waals surface area contributed by atoms with Crippen LogP contribution in [-0.4, -0.2) is 14.1 Å². The van der Waals surface area contributed by atoms with E-state index >= 15 is 0 Å². The van der Waals surface area contributed by atoms with Crippen molar-refractivity contribution in [1.29, 1.82) is 0 Å². The minimum absolute atomic E-state index is 0.389.